The zero-order valence-corrected chi connectivity index (χ0v) is 6.56. The van der Waals surface area contributed by atoms with Crippen LogP contribution in [0.15, 0.2) is 0 Å². The van der Waals surface area contributed by atoms with E-state index in [1.165, 1.54) is 13.0 Å². The molecule has 1 fully saturated rings. The summed E-state index contributed by atoms with van der Waals surface area (Å²) in [5, 5.41) is 10.7. The van der Waals surface area contributed by atoms with Gasteiger partial charge in [-0.3, -0.25) is 0 Å². The number of nitrogens with zero attached hydrogens (tertiary/aromatic N) is 1. The molecular weight excluding hydrogens is 126 g/mol. The minimum absolute atomic E-state index is 0.696. The largest absolute Gasteiger partial charge is 0.664 e. The topological polar surface area (TPSA) is 38.2 Å². The maximum absolute atomic E-state index is 4.01. The molecule has 2 N–H and O–H groups in total. The van der Waals surface area contributed by atoms with Gasteiger partial charge in [-0.05, 0) is 19.5 Å². The second-order valence-corrected chi connectivity index (χ2v) is 2.68. The molecule has 3 heteroatoms. The van der Waals surface area contributed by atoms with E-state index in [4.69, 9.17) is 0 Å². The Morgan fingerprint density at radius 3 is 3.20 bits per heavy atom. The van der Waals surface area contributed by atoms with E-state index in [0.717, 1.165) is 19.6 Å². The van der Waals surface area contributed by atoms with Crippen molar-refractivity contribution in [1.29, 1.82) is 0 Å². The van der Waals surface area contributed by atoms with E-state index in [-0.39, 0.29) is 0 Å². The number of hydrogen-bond donors (Lipinski definition) is 2. The summed E-state index contributed by atoms with van der Waals surface area (Å²) in [6.45, 7) is 4.27. The molecule has 1 rings (SSSR count). The van der Waals surface area contributed by atoms with Gasteiger partial charge in [-0.1, -0.05) is 0 Å². The Balaban J connectivity index is 1.91. The first-order valence-electron chi connectivity index (χ1n) is 3.93. The average molecular weight is 142 g/mol. The first-order chi connectivity index (χ1) is 4.93. The monoisotopic (exact) mass is 142 g/mol. The minimum Gasteiger partial charge on any atom is -0.664 e. The summed E-state index contributed by atoms with van der Waals surface area (Å²) in [5.41, 5.74) is 0. The van der Waals surface area contributed by atoms with Gasteiger partial charge in [0.1, 0.15) is 0 Å². The van der Waals surface area contributed by atoms with E-state index in [0.29, 0.717) is 6.04 Å². The summed E-state index contributed by atoms with van der Waals surface area (Å²) in [4.78, 5) is 0. The second-order valence-electron chi connectivity index (χ2n) is 2.68. The maximum Gasteiger partial charge on any atom is 0.0203 e. The van der Waals surface area contributed by atoms with Crippen molar-refractivity contribution in [2.75, 3.05) is 33.2 Å². The standard InChI is InChI=1S/C7H16N3/c1-8-4-5-10-7-2-3-9-6-7/h7,9-10H,2-6H2,1H3/q-1/t7-/m1/s1. The molecule has 0 amide bonds. The predicted molar refractivity (Wildman–Crippen MR) is 43.4 cm³/mol. The Morgan fingerprint density at radius 1 is 1.70 bits per heavy atom. The summed E-state index contributed by atoms with van der Waals surface area (Å²) in [6, 6.07) is 0.696. The van der Waals surface area contributed by atoms with Crippen molar-refractivity contribution >= 4 is 0 Å². The molecule has 0 bridgehead atoms. The molecule has 1 atom stereocenters. The second kappa shape index (κ2) is 4.66. The van der Waals surface area contributed by atoms with Crippen molar-refractivity contribution < 1.29 is 0 Å². The molecule has 1 heterocycles. The van der Waals surface area contributed by atoms with Crippen molar-refractivity contribution in [3.63, 3.8) is 0 Å². The van der Waals surface area contributed by atoms with Crippen LogP contribution in [0.5, 0.6) is 0 Å². The summed E-state index contributed by atoms with van der Waals surface area (Å²) in [7, 11) is 1.86. The number of likely N-dealkylation sites (N-methyl/N-ethyl adjacent to an activating group) is 1. The fourth-order valence-electron chi connectivity index (χ4n) is 1.21. The van der Waals surface area contributed by atoms with Gasteiger partial charge in [-0.25, -0.2) is 0 Å². The molecule has 1 aliphatic heterocycles. The van der Waals surface area contributed by atoms with E-state index in [1.807, 2.05) is 7.05 Å². The molecule has 0 aromatic rings. The zero-order chi connectivity index (χ0) is 7.23. The fraction of sp³-hybridized carbons (Fsp3) is 1.00. The quantitative estimate of drug-likeness (QED) is 0.540. The lowest BCUT2D eigenvalue weighted by Gasteiger charge is -2.15. The Hall–Kier alpha value is -0.120. The lowest BCUT2D eigenvalue weighted by molar-refractivity contribution is 0.561. The van der Waals surface area contributed by atoms with Gasteiger partial charge in [-0.2, -0.15) is 7.05 Å². The summed E-state index contributed by atoms with van der Waals surface area (Å²) in [6.07, 6.45) is 1.27. The van der Waals surface area contributed by atoms with Gasteiger partial charge in [0.25, 0.3) is 0 Å². The highest BCUT2D eigenvalue weighted by Crippen LogP contribution is 1.95. The highest BCUT2D eigenvalue weighted by atomic mass is 15.0. The van der Waals surface area contributed by atoms with Crippen LogP contribution in [0.25, 0.3) is 5.32 Å². The van der Waals surface area contributed by atoms with Gasteiger partial charge in [-0.15, -0.1) is 6.54 Å². The SMILES string of the molecule is C[N-]CCN[C@@H]1CCNC1. The molecule has 1 saturated heterocycles. The first-order valence-corrected chi connectivity index (χ1v) is 3.93. The molecule has 60 valence electrons. The molecule has 0 saturated carbocycles. The number of hydrogen-bond acceptors (Lipinski definition) is 2. The third-order valence-electron chi connectivity index (χ3n) is 1.83. The van der Waals surface area contributed by atoms with Crippen LogP contribution >= 0.6 is 0 Å². The van der Waals surface area contributed by atoms with Gasteiger partial charge in [0, 0.05) is 12.6 Å². The highest BCUT2D eigenvalue weighted by Gasteiger charge is 2.11. The Labute approximate surface area is 62.6 Å². The number of nitrogens with one attached hydrogen (secondary N) is 2. The molecule has 0 unspecified atom stereocenters. The third kappa shape index (κ3) is 2.64. The summed E-state index contributed by atoms with van der Waals surface area (Å²) >= 11 is 0. The van der Waals surface area contributed by atoms with Gasteiger partial charge in [0.15, 0.2) is 0 Å². The summed E-state index contributed by atoms with van der Waals surface area (Å²) < 4.78 is 0. The van der Waals surface area contributed by atoms with Crippen LogP contribution in [-0.2, 0) is 0 Å². The van der Waals surface area contributed by atoms with Gasteiger partial charge >= 0.3 is 0 Å². The van der Waals surface area contributed by atoms with Crippen LogP contribution < -0.4 is 10.6 Å². The maximum atomic E-state index is 4.01. The van der Waals surface area contributed by atoms with E-state index in [1.54, 1.807) is 0 Å². The summed E-state index contributed by atoms with van der Waals surface area (Å²) in [5.74, 6) is 0. The third-order valence-corrected chi connectivity index (χ3v) is 1.83. The average Bonchev–Trinajstić information content (AvgIpc) is 2.41. The highest BCUT2D eigenvalue weighted by molar-refractivity contribution is 4.79. The van der Waals surface area contributed by atoms with E-state index >= 15 is 0 Å². The van der Waals surface area contributed by atoms with Crippen LogP contribution in [0, 0.1) is 0 Å². The molecular formula is C7H16N3-. The van der Waals surface area contributed by atoms with Crippen molar-refractivity contribution in [3.8, 4) is 0 Å². The van der Waals surface area contributed by atoms with Gasteiger partial charge in [0.05, 0.1) is 0 Å². The smallest absolute Gasteiger partial charge is 0.0203 e. The molecule has 10 heavy (non-hydrogen) atoms. The van der Waals surface area contributed by atoms with E-state index in [9.17, 15) is 0 Å². The van der Waals surface area contributed by atoms with E-state index in [2.05, 4.69) is 16.0 Å². The minimum atomic E-state index is 0.696. The Kier molecular flexibility index (Phi) is 3.72. The van der Waals surface area contributed by atoms with Crippen LogP contribution in [0.4, 0.5) is 0 Å². The molecule has 3 nitrogen and oxygen atoms in total. The Bertz CT molecular complexity index is 78.9. The molecule has 0 radical (unpaired) electrons. The van der Waals surface area contributed by atoms with Crippen molar-refractivity contribution in [1.82, 2.24) is 10.6 Å². The van der Waals surface area contributed by atoms with Crippen LogP contribution in [-0.4, -0.2) is 39.3 Å². The predicted octanol–water partition coefficient (Wildman–Crippen LogP) is -0.0586. The van der Waals surface area contributed by atoms with Crippen LogP contribution in [0.2, 0.25) is 0 Å². The molecule has 0 aromatic carbocycles. The van der Waals surface area contributed by atoms with Crippen LogP contribution in [0.3, 0.4) is 0 Å². The Morgan fingerprint density at radius 2 is 2.60 bits per heavy atom. The van der Waals surface area contributed by atoms with Gasteiger partial charge < -0.3 is 16.0 Å². The molecule has 0 spiro atoms. The number of rotatable bonds is 4. The van der Waals surface area contributed by atoms with E-state index < -0.39 is 0 Å². The van der Waals surface area contributed by atoms with Crippen molar-refractivity contribution in [2.45, 2.75) is 12.5 Å². The normalized spacial score (nSPS) is 25.5. The molecule has 0 aliphatic carbocycles. The van der Waals surface area contributed by atoms with Crippen molar-refractivity contribution in [2.24, 2.45) is 0 Å². The molecule has 0 aromatic heterocycles. The lowest BCUT2D eigenvalue weighted by Crippen LogP contribution is -2.32. The van der Waals surface area contributed by atoms with Gasteiger partial charge in [0.2, 0.25) is 0 Å². The fourth-order valence-corrected chi connectivity index (χ4v) is 1.21. The van der Waals surface area contributed by atoms with Crippen LogP contribution in [0.1, 0.15) is 6.42 Å². The molecule has 1 aliphatic rings. The zero-order valence-electron chi connectivity index (χ0n) is 6.56. The lowest BCUT2D eigenvalue weighted by atomic mass is 10.2. The first kappa shape index (κ1) is 7.98. The van der Waals surface area contributed by atoms with Crippen molar-refractivity contribution in [3.05, 3.63) is 5.32 Å².